The molecular weight excluding hydrogens is 348 g/mol. The first-order valence-corrected chi connectivity index (χ1v) is 8.58. The second kappa shape index (κ2) is 7.45. The van der Waals surface area contributed by atoms with E-state index in [1.54, 1.807) is 37.3 Å². The van der Waals surface area contributed by atoms with Crippen LogP contribution < -0.4 is 16.0 Å². The highest BCUT2D eigenvalue weighted by Crippen LogP contribution is 2.32. The minimum absolute atomic E-state index is 0.127. The lowest BCUT2D eigenvalue weighted by atomic mass is 10.1. The van der Waals surface area contributed by atoms with Crippen molar-refractivity contribution in [2.24, 2.45) is 0 Å². The number of carbonyl (C=O) groups is 2. The standard InChI is InChI=1S/C19H20N4O4/c1-11-15(20-12(2)24)4-3-5-16(11)22-19(25)13-6-9-17(21-14-7-8-14)18(10-13)23(26)27/h3-6,9-10,14,21H,7-8H2,1-2H3,(H,20,24)(H,22,25). The fraction of sp³-hybridized carbons (Fsp3) is 0.263. The fourth-order valence-corrected chi connectivity index (χ4v) is 2.68. The van der Waals surface area contributed by atoms with Gasteiger partial charge in [-0.3, -0.25) is 19.7 Å². The lowest BCUT2D eigenvalue weighted by molar-refractivity contribution is -0.384. The van der Waals surface area contributed by atoms with E-state index in [-0.39, 0.29) is 23.2 Å². The molecule has 1 aliphatic rings. The van der Waals surface area contributed by atoms with E-state index in [1.165, 1.54) is 13.0 Å². The van der Waals surface area contributed by atoms with Gasteiger partial charge in [-0.05, 0) is 49.6 Å². The number of carbonyl (C=O) groups excluding carboxylic acids is 2. The van der Waals surface area contributed by atoms with E-state index in [0.29, 0.717) is 22.6 Å². The van der Waals surface area contributed by atoms with Crippen LogP contribution in [0.1, 0.15) is 35.7 Å². The van der Waals surface area contributed by atoms with Crippen LogP contribution in [0.3, 0.4) is 0 Å². The highest BCUT2D eigenvalue weighted by molar-refractivity contribution is 6.06. The minimum atomic E-state index is -0.496. The lowest BCUT2D eigenvalue weighted by Crippen LogP contribution is -2.15. The Bertz CT molecular complexity index is 922. The van der Waals surface area contributed by atoms with Crippen LogP contribution in [0.15, 0.2) is 36.4 Å². The summed E-state index contributed by atoms with van der Waals surface area (Å²) in [5.41, 5.74) is 2.29. The predicted molar refractivity (Wildman–Crippen MR) is 103 cm³/mol. The first-order chi connectivity index (χ1) is 12.8. The normalized spacial score (nSPS) is 13.0. The van der Waals surface area contributed by atoms with Crippen LogP contribution in [0.2, 0.25) is 0 Å². The van der Waals surface area contributed by atoms with Crippen molar-refractivity contribution in [2.75, 3.05) is 16.0 Å². The Morgan fingerprint density at radius 1 is 1.07 bits per heavy atom. The molecule has 2 aromatic rings. The van der Waals surface area contributed by atoms with E-state index in [9.17, 15) is 19.7 Å². The van der Waals surface area contributed by atoms with Crippen LogP contribution in [0, 0.1) is 17.0 Å². The molecule has 8 nitrogen and oxygen atoms in total. The maximum Gasteiger partial charge on any atom is 0.293 e. The van der Waals surface area contributed by atoms with Gasteiger partial charge in [-0.1, -0.05) is 6.07 Å². The number of nitro benzene ring substituents is 1. The average Bonchev–Trinajstić information content (AvgIpc) is 3.42. The molecule has 0 spiro atoms. The molecular formula is C19H20N4O4. The molecule has 3 N–H and O–H groups in total. The molecule has 0 unspecified atom stereocenters. The average molecular weight is 368 g/mol. The lowest BCUT2D eigenvalue weighted by Gasteiger charge is -2.13. The summed E-state index contributed by atoms with van der Waals surface area (Å²) in [5, 5.41) is 19.9. The SMILES string of the molecule is CC(=O)Nc1cccc(NC(=O)c2ccc(NC3CC3)c([N+](=O)[O-])c2)c1C. The third-order valence-corrected chi connectivity index (χ3v) is 4.29. The molecule has 1 aliphatic carbocycles. The highest BCUT2D eigenvalue weighted by atomic mass is 16.6. The highest BCUT2D eigenvalue weighted by Gasteiger charge is 2.25. The third-order valence-electron chi connectivity index (χ3n) is 4.29. The summed E-state index contributed by atoms with van der Waals surface area (Å²) >= 11 is 0. The Morgan fingerprint density at radius 3 is 2.33 bits per heavy atom. The molecule has 0 saturated heterocycles. The van der Waals surface area contributed by atoms with E-state index in [2.05, 4.69) is 16.0 Å². The van der Waals surface area contributed by atoms with Crippen molar-refractivity contribution in [1.29, 1.82) is 0 Å². The van der Waals surface area contributed by atoms with Gasteiger partial charge in [0.25, 0.3) is 11.6 Å². The smallest absolute Gasteiger partial charge is 0.293 e. The molecule has 8 heteroatoms. The maximum atomic E-state index is 12.6. The van der Waals surface area contributed by atoms with E-state index in [4.69, 9.17) is 0 Å². The van der Waals surface area contributed by atoms with Crippen molar-refractivity contribution in [3.63, 3.8) is 0 Å². The maximum absolute atomic E-state index is 12.6. The molecule has 0 aromatic heterocycles. The number of hydrogen-bond donors (Lipinski definition) is 3. The van der Waals surface area contributed by atoms with Crippen molar-refractivity contribution in [3.8, 4) is 0 Å². The Hall–Kier alpha value is -3.42. The molecule has 0 atom stereocenters. The zero-order valence-corrected chi connectivity index (χ0v) is 15.0. The number of benzene rings is 2. The van der Waals surface area contributed by atoms with E-state index >= 15 is 0 Å². The zero-order chi connectivity index (χ0) is 19.6. The number of anilines is 3. The Kier molecular flexibility index (Phi) is 5.07. The van der Waals surface area contributed by atoms with Crippen LogP contribution in [0.5, 0.6) is 0 Å². The molecule has 140 valence electrons. The van der Waals surface area contributed by atoms with Crippen molar-refractivity contribution in [1.82, 2.24) is 0 Å². The van der Waals surface area contributed by atoms with Crippen LogP contribution >= 0.6 is 0 Å². The number of nitrogens with one attached hydrogen (secondary N) is 3. The predicted octanol–water partition coefficient (Wildman–Crippen LogP) is 3.69. The van der Waals surface area contributed by atoms with Gasteiger partial charge in [-0.15, -0.1) is 0 Å². The van der Waals surface area contributed by atoms with Crippen LogP contribution in [-0.2, 0) is 4.79 Å². The summed E-state index contributed by atoms with van der Waals surface area (Å²) in [6.07, 6.45) is 1.98. The van der Waals surface area contributed by atoms with Crippen molar-refractivity contribution < 1.29 is 14.5 Å². The molecule has 27 heavy (non-hydrogen) atoms. The topological polar surface area (TPSA) is 113 Å². The van der Waals surface area contributed by atoms with Crippen molar-refractivity contribution in [3.05, 3.63) is 57.6 Å². The first kappa shape index (κ1) is 18.4. The van der Waals surface area contributed by atoms with Crippen LogP contribution in [0.25, 0.3) is 0 Å². The summed E-state index contributed by atoms with van der Waals surface area (Å²) in [6.45, 7) is 3.17. The van der Waals surface area contributed by atoms with E-state index < -0.39 is 10.8 Å². The molecule has 2 aromatic carbocycles. The number of nitro groups is 1. The van der Waals surface area contributed by atoms with E-state index in [1.807, 2.05) is 0 Å². The second-order valence-corrected chi connectivity index (χ2v) is 6.52. The van der Waals surface area contributed by atoms with Gasteiger partial charge in [0.2, 0.25) is 5.91 Å². The van der Waals surface area contributed by atoms with Gasteiger partial charge in [-0.25, -0.2) is 0 Å². The first-order valence-electron chi connectivity index (χ1n) is 8.58. The quantitative estimate of drug-likeness (QED) is 0.531. The second-order valence-electron chi connectivity index (χ2n) is 6.52. The van der Waals surface area contributed by atoms with Crippen LogP contribution in [0.4, 0.5) is 22.7 Å². The molecule has 1 saturated carbocycles. The molecule has 0 bridgehead atoms. The van der Waals surface area contributed by atoms with Gasteiger partial charge in [0.1, 0.15) is 5.69 Å². The molecule has 1 fully saturated rings. The molecule has 0 aliphatic heterocycles. The van der Waals surface area contributed by atoms with Gasteiger partial charge < -0.3 is 16.0 Å². The van der Waals surface area contributed by atoms with Gasteiger partial charge in [0, 0.05) is 36.0 Å². The monoisotopic (exact) mass is 368 g/mol. The van der Waals surface area contributed by atoms with Gasteiger partial charge in [0.05, 0.1) is 4.92 Å². The fourth-order valence-electron chi connectivity index (χ4n) is 2.68. The summed E-state index contributed by atoms with van der Waals surface area (Å²) in [5.74, 6) is -0.671. The zero-order valence-electron chi connectivity index (χ0n) is 15.0. The van der Waals surface area contributed by atoms with Gasteiger partial charge >= 0.3 is 0 Å². The minimum Gasteiger partial charge on any atom is -0.377 e. The largest absolute Gasteiger partial charge is 0.377 e. The summed E-state index contributed by atoms with van der Waals surface area (Å²) in [6, 6.07) is 9.80. The third kappa shape index (κ3) is 4.41. The summed E-state index contributed by atoms with van der Waals surface area (Å²) < 4.78 is 0. The van der Waals surface area contributed by atoms with Crippen molar-refractivity contribution in [2.45, 2.75) is 32.7 Å². The van der Waals surface area contributed by atoms with Gasteiger partial charge in [-0.2, -0.15) is 0 Å². The van der Waals surface area contributed by atoms with Gasteiger partial charge in [0.15, 0.2) is 0 Å². The summed E-state index contributed by atoms with van der Waals surface area (Å²) in [4.78, 5) is 34.7. The molecule has 0 radical (unpaired) electrons. The molecule has 3 rings (SSSR count). The van der Waals surface area contributed by atoms with Crippen LogP contribution in [-0.4, -0.2) is 22.8 Å². The summed E-state index contributed by atoms with van der Waals surface area (Å²) in [7, 11) is 0. The Labute approximate surface area is 156 Å². The number of nitrogens with zero attached hydrogens (tertiary/aromatic N) is 1. The number of amides is 2. The molecule has 0 heterocycles. The van der Waals surface area contributed by atoms with Crippen molar-refractivity contribution >= 4 is 34.6 Å². The number of rotatable bonds is 6. The van der Waals surface area contributed by atoms with E-state index in [0.717, 1.165) is 12.8 Å². The number of hydrogen-bond acceptors (Lipinski definition) is 5. The molecule has 2 amide bonds. The Morgan fingerprint density at radius 2 is 1.74 bits per heavy atom. The Balaban J connectivity index is 1.83.